The number of ether oxygens (including phenoxy) is 2. The molecular formula is C19H21ClF4N2O4. The van der Waals surface area contributed by atoms with Crippen molar-refractivity contribution in [2.45, 2.75) is 31.5 Å². The van der Waals surface area contributed by atoms with E-state index in [1.807, 2.05) is 0 Å². The van der Waals surface area contributed by atoms with Crippen LogP contribution in [-0.4, -0.2) is 43.9 Å². The summed E-state index contributed by atoms with van der Waals surface area (Å²) < 4.78 is 60.7. The van der Waals surface area contributed by atoms with Crippen LogP contribution in [0.4, 0.5) is 17.6 Å². The summed E-state index contributed by atoms with van der Waals surface area (Å²) in [4.78, 5) is 23.4. The molecule has 1 aromatic carbocycles. The topological polar surface area (TPSA) is 76.7 Å². The molecule has 0 bridgehead atoms. The molecule has 1 aliphatic carbocycles. The van der Waals surface area contributed by atoms with Gasteiger partial charge >= 0.3 is 6.18 Å². The van der Waals surface area contributed by atoms with Gasteiger partial charge in [-0.25, -0.2) is 4.39 Å². The lowest BCUT2D eigenvalue weighted by Gasteiger charge is -2.35. The third-order valence-corrected chi connectivity index (χ3v) is 4.64. The third kappa shape index (κ3) is 7.83. The second-order valence-electron chi connectivity index (χ2n) is 6.76. The first kappa shape index (κ1) is 23.9. The zero-order valence-electron chi connectivity index (χ0n) is 15.9. The van der Waals surface area contributed by atoms with Gasteiger partial charge in [0.25, 0.3) is 5.91 Å². The highest BCUT2D eigenvalue weighted by Gasteiger charge is 2.48. The van der Waals surface area contributed by atoms with Gasteiger partial charge in [-0.3, -0.25) is 9.59 Å². The molecule has 0 heterocycles. The summed E-state index contributed by atoms with van der Waals surface area (Å²) in [5.41, 5.74) is 0.319. The highest BCUT2D eigenvalue weighted by molar-refractivity contribution is 6.30. The van der Waals surface area contributed by atoms with Crippen molar-refractivity contribution in [2.75, 3.05) is 19.8 Å². The lowest BCUT2D eigenvalue weighted by molar-refractivity contribution is -0.219. The molecule has 30 heavy (non-hydrogen) atoms. The van der Waals surface area contributed by atoms with Crippen LogP contribution >= 0.6 is 11.6 Å². The lowest BCUT2D eigenvalue weighted by Crippen LogP contribution is -2.42. The summed E-state index contributed by atoms with van der Waals surface area (Å²) in [6, 6.07) is 3.77. The van der Waals surface area contributed by atoms with Crippen molar-refractivity contribution in [3.05, 3.63) is 41.3 Å². The lowest BCUT2D eigenvalue weighted by atomic mass is 9.82. The number of nitrogens with one attached hydrogen (secondary N) is 2. The third-order valence-electron chi connectivity index (χ3n) is 4.33. The maximum atomic E-state index is 13.3. The van der Waals surface area contributed by atoms with Gasteiger partial charge in [0.2, 0.25) is 5.91 Å². The van der Waals surface area contributed by atoms with Crippen LogP contribution in [-0.2, 0) is 14.3 Å². The second-order valence-corrected chi connectivity index (χ2v) is 7.17. The van der Waals surface area contributed by atoms with Gasteiger partial charge in [-0.15, -0.1) is 0 Å². The number of benzene rings is 1. The Morgan fingerprint density at radius 3 is 2.53 bits per heavy atom. The van der Waals surface area contributed by atoms with Gasteiger partial charge in [0.05, 0.1) is 17.0 Å². The molecule has 0 atom stereocenters. The molecule has 0 aliphatic heterocycles. The zero-order chi connectivity index (χ0) is 22.3. The molecule has 2 N–H and O–H groups in total. The average Bonchev–Trinajstić information content (AvgIpc) is 2.60. The maximum Gasteiger partial charge on any atom is 0.392 e. The number of hydrogen-bond acceptors (Lipinski definition) is 4. The Kier molecular flexibility index (Phi) is 8.48. The van der Waals surface area contributed by atoms with Crippen LogP contribution in [0, 0.1) is 11.7 Å². The average molecular weight is 453 g/mol. The number of carbonyl (C=O) groups excluding carboxylic acids is 2. The Morgan fingerprint density at radius 2 is 1.90 bits per heavy atom. The predicted molar refractivity (Wildman–Crippen MR) is 100 cm³/mol. The number of amides is 2. The SMILES string of the molecule is C=C(CCNC(=O)COC1CC(C(F)(F)F)C1)NC(=O)COc1ccc(Cl)c(F)c1. The van der Waals surface area contributed by atoms with E-state index >= 15 is 0 Å². The zero-order valence-corrected chi connectivity index (χ0v) is 16.6. The van der Waals surface area contributed by atoms with Crippen molar-refractivity contribution < 1.29 is 36.6 Å². The van der Waals surface area contributed by atoms with Gasteiger partial charge in [-0.05, 0) is 25.0 Å². The highest BCUT2D eigenvalue weighted by atomic mass is 35.5. The smallest absolute Gasteiger partial charge is 0.392 e. The molecule has 6 nitrogen and oxygen atoms in total. The minimum atomic E-state index is -4.22. The number of rotatable bonds is 10. The van der Waals surface area contributed by atoms with E-state index in [0.717, 1.165) is 6.07 Å². The van der Waals surface area contributed by atoms with Crippen molar-refractivity contribution in [1.29, 1.82) is 0 Å². The number of alkyl halides is 3. The van der Waals surface area contributed by atoms with Gasteiger partial charge in [0.1, 0.15) is 18.2 Å². The molecule has 1 fully saturated rings. The Labute approximate surface area is 175 Å². The summed E-state index contributed by atoms with van der Waals surface area (Å²) in [5.74, 6) is -2.89. The molecule has 0 saturated heterocycles. The molecule has 0 aromatic heterocycles. The van der Waals surface area contributed by atoms with Crippen LogP contribution in [0.5, 0.6) is 5.75 Å². The summed E-state index contributed by atoms with van der Waals surface area (Å²) in [7, 11) is 0. The quantitative estimate of drug-likeness (QED) is 0.534. The van der Waals surface area contributed by atoms with Crippen molar-refractivity contribution in [2.24, 2.45) is 5.92 Å². The molecule has 0 unspecified atom stereocenters. The van der Waals surface area contributed by atoms with E-state index in [0.29, 0.717) is 5.70 Å². The van der Waals surface area contributed by atoms with Crippen LogP contribution < -0.4 is 15.4 Å². The molecule has 1 saturated carbocycles. The highest BCUT2D eigenvalue weighted by Crippen LogP contribution is 2.42. The Hall–Kier alpha value is -2.33. The van der Waals surface area contributed by atoms with Gasteiger partial charge in [-0.1, -0.05) is 18.2 Å². The minimum absolute atomic E-state index is 0.0641. The molecule has 166 valence electrons. The first-order valence-corrected chi connectivity index (χ1v) is 9.43. The Morgan fingerprint density at radius 1 is 1.20 bits per heavy atom. The second kappa shape index (κ2) is 10.6. The van der Waals surface area contributed by atoms with Gasteiger partial charge in [0, 0.05) is 24.7 Å². The van der Waals surface area contributed by atoms with Crippen LogP contribution in [0.2, 0.25) is 5.02 Å². The van der Waals surface area contributed by atoms with E-state index in [4.69, 9.17) is 21.1 Å². The fraction of sp³-hybridized carbons (Fsp3) is 0.474. The Balaban J connectivity index is 1.54. The van der Waals surface area contributed by atoms with E-state index in [2.05, 4.69) is 17.2 Å². The van der Waals surface area contributed by atoms with Crippen molar-refractivity contribution in [1.82, 2.24) is 10.6 Å². The van der Waals surface area contributed by atoms with Crippen LogP contribution in [0.1, 0.15) is 19.3 Å². The van der Waals surface area contributed by atoms with Gasteiger partial charge < -0.3 is 20.1 Å². The number of carbonyl (C=O) groups is 2. The molecular weight excluding hydrogens is 432 g/mol. The Bertz CT molecular complexity index is 782. The summed E-state index contributed by atoms with van der Waals surface area (Å²) in [6.45, 7) is 3.09. The van der Waals surface area contributed by atoms with Gasteiger partial charge in [0.15, 0.2) is 6.61 Å². The first-order chi connectivity index (χ1) is 14.0. The largest absolute Gasteiger partial charge is 0.484 e. The molecule has 11 heteroatoms. The van der Waals surface area contributed by atoms with E-state index < -0.39 is 35.8 Å². The van der Waals surface area contributed by atoms with E-state index in [1.165, 1.54) is 12.1 Å². The van der Waals surface area contributed by atoms with Crippen LogP contribution in [0.3, 0.4) is 0 Å². The standard InChI is InChI=1S/C19H21ClF4N2O4/c1-11(26-18(28)10-29-13-2-3-15(20)16(21)8-13)4-5-25-17(27)9-30-14-6-12(7-14)19(22,23)24/h2-3,8,12,14H,1,4-7,9-10H2,(H,25,27)(H,26,28). The molecule has 2 amide bonds. The van der Waals surface area contributed by atoms with Crippen molar-refractivity contribution in [3.63, 3.8) is 0 Å². The molecule has 1 aliphatic rings. The number of hydrogen-bond donors (Lipinski definition) is 2. The van der Waals surface area contributed by atoms with E-state index in [1.54, 1.807) is 0 Å². The molecule has 0 spiro atoms. The normalized spacial score (nSPS) is 18.3. The van der Waals surface area contributed by atoms with Crippen LogP contribution in [0.25, 0.3) is 0 Å². The molecule has 0 radical (unpaired) electrons. The van der Waals surface area contributed by atoms with Gasteiger partial charge in [-0.2, -0.15) is 13.2 Å². The van der Waals surface area contributed by atoms with E-state index in [-0.39, 0.29) is 49.8 Å². The number of halogens is 5. The molecule has 2 rings (SSSR count). The monoisotopic (exact) mass is 452 g/mol. The van der Waals surface area contributed by atoms with Crippen LogP contribution in [0.15, 0.2) is 30.5 Å². The summed E-state index contributed by atoms with van der Waals surface area (Å²) in [5, 5.41) is 4.92. The predicted octanol–water partition coefficient (Wildman–Crippen LogP) is 3.35. The summed E-state index contributed by atoms with van der Waals surface area (Å²) in [6.07, 6.45) is -4.82. The molecule has 1 aromatic rings. The maximum absolute atomic E-state index is 13.3. The fourth-order valence-corrected chi connectivity index (χ4v) is 2.70. The van der Waals surface area contributed by atoms with Crippen molar-refractivity contribution in [3.8, 4) is 5.75 Å². The first-order valence-electron chi connectivity index (χ1n) is 9.05. The summed E-state index contributed by atoms with van der Waals surface area (Å²) >= 11 is 5.55. The minimum Gasteiger partial charge on any atom is -0.484 e. The van der Waals surface area contributed by atoms with Crippen molar-refractivity contribution >= 4 is 23.4 Å². The fourth-order valence-electron chi connectivity index (χ4n) is 2.58. The van der Waals surface area contributed by atoms with E-state index in [9.17, 15) is 27.2 Å².